The van der Waals surface area contributed by atoms with Crippen LogP contribution in [0.25, 0.3) is 5.69 Å². The van der Waals surface area contributed by atoms with Crippen LogP contribution in [-0.4, -0.2) is 25.7 Å². The minimum absolute atomic E-state index is 0.281. The molecule has 2 aromatic heterocycles. The maximum atomic E-state index is 11.9. The molecule has 0 unspecified atom stereocenters. The van der Waals surface area contributed by atoms with E-state index in [1.165, 1.54) is 18.6 Å². The van der Waals surface area contributed by atoms with E-state index < -0.39 is 0 Å². The lowest BCUT2D eigenvalue weighted by Gasteiger charge is -2.06. The van der Waals surface area contributed by atoms with Gasteiger partial charge < -0.3 is 5.32 Å². The summed E-state index contributed by atoms with van der Waals surface area (Å²) in [5, 5.41) is 6.90. The fourth-order valence-electron chi connectivity index (χ4n) is 1.73. The van der Waals surface area contributed by atoms with E-state index >= 15 is 0 Å². The van der Waals surface area contributed by atoms with Gasteiger partial charge in [-0.05, 0) is 30.3 Å². The minimum atomic E-state index is -0.287. The van der Waals surface area contributed by atoms with Crippen LogP contribution in [0.1, 0.15) is 10.5 Å². The molecule has 0 saturated heterocycles. The molecule has 0 radical (unpaired) electrons. The Labute approximate surface area is 115 Å². The molecular weight excluding hydrogens is 254 g/mol. The zero-order valence-corrected chi connectivity index (χ0v) is 10.5. The number of carbonyl (C=O) groups is 1. The van der Waals surface area contributed by atoms with E-state index in [2.05, 4.69) is 20.4 Å². The number of aromatic nitrogens is 4. The molecule has 1 N–H and O–H groups in total. The molecule has 2 heterocycles. The van der Waals surface area contributed by atoms with Gasteiger partial charge in [-0.2, -0.15) is 5.10 Å². The third kappa shape index (κ3) is 2.54. The summed E-state index contributed by atoms with van der Waals surface area (Å²) < 4.78 is 1.74. The number of hydrogen-bond donors (Lipinski definition) is 1. The quantitative estimate of drug-likeness (QED) is 0.785. The van der Waals surface area contributed by atoms with Gasteiger partial charge in [-0.3, -0.25) is 9.78 Å². The fourth-order valence-corrected chi connectivity index (χ4v) is 1.73. The molecular formula is C14H11N5O. The summed E-state index contributed by atoms with van der Waals surface area (Å²) in [6.07, 6.45) is 8.00. The van der Waals surface area contributed by atoms with Crippen molar-refractivity contribution in [2.24, 2.45) is 0 Å². The summed E-state index contributed by atoms with van der Waals surface area (Å²) in [5.74, 6) is -0.287. The molecule has 0 aliphatic carbocycles. The van der Waals surface area contributed by atoms with Crippen molar-refractivity contribution in [3.8, 4) is 5.69 Å². The first-order chi connectivity index (χ1) is 9.83. The van der Waals surface area contributed by atoms with Gasteiger partial charge in [0.2, 0.25) is 0 Å². The van der Waals surface area contributed by atoms with Crippen molar-refractivity contribution in [1.82, 2.24) is 19.7 Å². The second-order valence-electron chi connectivity index (χ2n) is 4.04. The number of anilines is 1. The Hall–Kier alpha value is -3.02. The number of hydrogen-bond acceptors (Lipinski definition) is 4. The number of amides is 1. The molecule has 0 fully saturated rings. The Bertz CT molecular complexity index is 692. The molecule has 3 rings (SSSR count). The van der Waals surface area contributed by atoms with E-state index in [0.29, 0.717) is 5.69 Å². The van der Waals surface area contributed by atoms with Crippen LogP contribution in [0.2, 0.25) is 0 Å². The zero-order valence-electron chi connectivity index (χ0n) is 10.5. The number of nitrogens with zero attached hydrogens (tertiary/aromatic N) is 4. The maximum Gasteiger partial charge on any atom is 0.275 e. The van der Waals surface area contributed by atoms with Crippen molar-refractivity contribution in [1.29, 1.82) is 0 Å². The molecule has 0 bridgehead atoms. The highest BCUT2D eigenvalue weighted by Gasteiger charge is 2.07. The first-order valence-corrected chi connectivity index (χ1v) is 6.00. The predicted octanol–water partition coefficient (Wildman–Crippen LogP) is 1.91. The van der Waals surface area contributed by atoms with Crippen LogP contribution in [0.15, 0.2) is 61.3 Å². The molecule has 20 heavy (non-hydrogen) atoms. The number of benzene rings is 1. The Balaban J connectivity index is 1.74. The van der Waals surface area contributed by atoms with Gasteiger partial charge in [0, 0.05) is 30.5 Å². The highest BCUT2D eigenvalue weighted by atomic mass is 16.1. The molecule has 0 aliphatic rings. The van der Waals surface area contributed by atoms with Crippen LogP contribution in [0.3, 0.4) is 0 Å². The van der Waals surface area contributed by atoms with Crippen LogP contribution < -0.4 is 5.32 Å². The van der Waals surface area contributed by atoms with Gasteiger partial charge in [0.15, 0.2) is 0 Å². The van der Waals surface area contributed by atoms with E-state index in [4.69, 9.17) is 0 Å². The standard InChI is InChI=1S/C14H11N5O/c20-14(13-10-15-7-8-16-13)18-11-2-4-12(5-3-11)19-9-1-6-17-19/h1-10H,(H,18,20). The summed E-state index contributed by atoms with van der Waals surface area (Å²) in [7, 11) is 0. The molecule has 1 amide bonds. The van der Waals surface area contributed by atoms with Gasteiger partial charge in [0.1, 0.15) is 5.69 Å². The third-order valence-corrected chi connectivity index (χ3v) is 2.69. The molecule has 0 atom stereocenters. The monoisotopic (exact) mass is 265 g/mol. The Morgan fingerprint density at radius 2 is 1.95 bits per heavy atom. The van der Waals surface area contributed by atoms with Crippen molar-refractivity contribution in [2.45, 2.75) is 0 Å². The van der Waals surface area contributed by atoms with Gasteiger partial charge in [0.25, 0.3) is 5.91 Å². The highest BCUT2D eigenvalue weighted by molar-refractivity contribution is 6.02. The maximum absolute atomic E-state index is 11.9. The summed E-state index contributed by atoms with van der Waals surface area (Å²) in [6.45, 7) is 0. The largest absolute Gasteiger partial charge is 0.321 e. The smallest absolute Gasteiger partial charge is 0.275 e. The number of carbonyl (C=O) groups excluding carboxylic acids is 1. The second-order valence-corrected chi connectivity index (χ2v) is 4.04. The van der Waals surface area contributed by atoms with Crippen molar-refractivity contribution >= 4 is 11.6 Å². The second kappa shape index (κ2) is 5.31. The van der Waals surface area contributed by atoms with Crippen molar-refractivity contribution in [3.63, 3.8) is 0 Å². The number of rotatable bonds is 3. The summed E-state index contributed by atoms with van der Waals surface area (Å²) in [5.41, 5.74) is 1.90. The molecule has 3 aromatic rings. The zero-order chi connectivity index (χ0) is 13.8. The Morgan fingerprint density at radius 3 is 2.60 bits per heavy atom. The van der Waals surface area contributed by atoms with Crippen molar-refractivity contribution in [2.75, 3.05) is 5.32 Å². The van der Waals surface area contributed by atoms with E-state index in [0.717, 1.165) is 5.69 Å². The molecule has 0 spiro atoms. The van der Waals surface area contributed by atoms with Crippen LogP contribution in [0, 0.1) is 0 Å². The average molecular weight is 265 g/mol. The van der Waals surface area contributed by atoms with E-state index in [-0.39, 0.29) is 11.6 Å². The molecule has 98 valence electrons. The first-order valence-electron chi connectivity index (χ1n) is 6.00. The topological polar surface area (TPSA) is 72.7 Å². The number of nitrogens with one attached hydrogen (secondary N) is 1. The minimum Gasteiger partial charge on any atom is -0.321 e. The molecule has 6 heteroatoms. The lowest BCUT2D eigenvalue weighted by Crippen LogP contribution is -2.13. The molecule has 0 aliphatic heterocycles. The summed E-state index contributed by atoms with van der Waals surface area (Å²) >= 11 is 0. The van der Waals surface area contributed by atoms with Crippen molar-refractivity contribution in [3.05, 3.63) is 67.0 Å². The molecule has 6 nitrogen and oxygen atoms in total. The van der Waals surface area contributed by atoms with Gasteiger partial charge >= 0.3 is 0 Å². The van der Waals surface area contributed by atoms with Crippen LogP contribution in [-0.2, 0) is 0 Å². The van der Waals surface area contributed by atoms with Crippen LogP contribution in [0.4, 0.5) is 5.69 Å². The van der Waals surface area contributed by atoms with Crippen LogP contribution >= 0.6 is 0 Å². The lowest BCUT2D eigenvalue weighted by atomic mass is 10.2. The van der Waals surface area contributed by atoms with Gasteiger partial charge in [0.05, 0.1) is 11.9 Å². The third-order valence-electron chi connectivity index (χ3n) is 2.69. The molecule has 1 aromatic carbocycles. The average Bonchev–Trinajstić information content (AvgIpc) is 3.03. The van der Waals surface area contributed by atoms with Gasteiger partial charge in [-0.15, -0.1) is 0 Å². The van der Waals surface area contributed by atoms with E-state index in [9.17, 15) is 4.79 Å². The lowest BCUT2D eigenvalue weighted by molar-refractivity contribution is 0.102. The van der Waals surface area contributed by atoms with Gasteiger partial charge in [-0.1, -0.05) is 0 Å². The van der Waals surface area contributed by atoms with Crippen molar-refractivity contribution < 1.29 is 4.79 Å². The summed E-state index contributed by atoms with van der Waals surface area (Å²) in [6, 6.07) is 9.22. The normalized spacial score (nSPS) is 10.2. The molecule has 0 saturated carbocycles. The Morgan fingerprint density at radius 1 is 1.10 bits per heavy atom. The fraction of sp³-hybridized carbons (Fsp3) is 0. The van der Waals surface area contributed by atoms with E-state index in [1.807, 2.05) is 36.5 Å². The Kier molecular flexibility index (Phi) is 3.20. The van der Waals surface area contributed by atoms with Gasteiger partial charge in [-0.25, -0.2) is 9.67 Å². The van der Waals surface area contributed by atoms with E-state index in [1.54, 1.807) is 10.9 Å². The SMILES string of the molecule is O=C(Nc1ccc(-n2cccn2)cc1)c1cnccn1. The first kappa shape index (κ1) is 12.0. The highest BCUT2D eigenvalue weighted by Crippen LogP contribution is 2.13. The summed E-state index contributed by atoms with van der Waals surface area (Å²) in [4.78, 5) is 19.7. The predicted molar refractivity (Wildman–Crippen MR) is 73.5 cm³/mol. The van der Waals surface area contributed by atoms with Crippen LogP contribution in [0.5, 0.6) is 0 Å².